The normalized spacial score (nSPS) is 24.1. The van der Waals surface area contributed by atoms with E-state index in [-0.39, 0.29) is 0 Å². The van der Waals surface area contributed by atoms with Crippen LogP contribution in [0.4, 0.5) is 11.8 Å². The molecule has 1 fully saturated rings. The molecule has 1 N–H and O–H groups in total. The zero-order valence-electron chi connectivity index (χ0n) is 11.4. The number of anilines is 2. The number of nitrogens with zero attached hydrogens (tertiary/aromatic N) is 3. The maximum atomic E-state index is 4.60. The third kappa shape index (κ3) is 3.51. The van der Waals surface area contributed by atoms with Crippen molar-refractivity contribution in [1.29, 1.82) is 0 Å². The molecule has 1 aliphatic rings. The summed E-state index contributed by atoms with van der Waals surface area (Å²) in [6.45, 7) is 9.77. The van der Waals surface area contributed by atoms with Crippen molar-refractivity contribution in [1.82, 2.24) is 9.97 Å². The molecule has 0 bridgehead atoms. The Balaban J connectivity index is 2.07. The van der Waals surface area contributed by atoms with Crippen LogP contribution in [-0.4, -0.2) is 40.1 Å². The summed E-state index contributed by atoms with van der Waals surface area (Å²) in [5, 5.41) is 4.57. The molecule has 0 amide bonds. The predicted molar refractivity (Wildman–Crippen MR) is 79.5 cm³/mol. The SMILES string of the molecule is CCCNc1nccc(N2CC(C)SC(C)C2)n1. The molecule has 0 saturated carbocycles. The highest BCUT2D eigenvalue weighted by Gasteiger charge is 2.23. The van der Waals surface area contributed by atoms with Crippen molar-refractivity contribution in [3.63, 3.8) is 0 Å². The minimum atomic E-state index is 0.663. The largest absolute Gasteiger partial charge is 0.354 e. The maximum Gasteiger partial charge on any atom is 0.224 e. The fraction of sp³-hybridized carbons (Fsp3) is 0.692. The summed E-state index contributed by atoms with van der Waals surface area (Å²) < 4.78 is 0. The monoisotopic (exact) mass is 266 g/mol. The molecule has 100 valence electrons. The number of aromatic nitrogens is 2. The maximum absolute atomic E-state index is 4.60. The molecule has 2 atom stereocenters. The Hall–Kier alpha value is -0.970. The molecule has 5 heteroatoms. The second kappa shape index (κ2) is 6.27. The summed E-state index contributed by atoms with van der Waals surface area (Å²) >= 11 is 2.06. The fourth-order valence-corrected chi connectivity index (χ4v) is 3.54. The minimum Gasteiger partial charge on any atom is -0.354 e. The zero-order valence-corrected chi connectivity index (χ0v) is 12.2. The third-order valence-corrected chi connectivity index (χ3v) is 4.14. The lowest BCUT2D eigenvalue weighted by Gasteiger charge is -2.35. The van der Waals surface area contributed by atoms with Crippen LogP contribution < -0.4 is 10.2 Å². The Morgan fingerprint density at radius 1 is 1.39 bits per heavy atom. The summed E-state index contributed by atoms with van der Waals surface area (Å²) in [6, 6.07) is 2.01. The van der Waals surface area contributed by atoms with E-state index in [0.717, 1.165) is 37.8 Å². The average Bonchev–Trinajstić information content (AvgIpc) is 2.35. The molecule has 0 spiro atoms. The predicted octanol–water partition coefficient (Wildman–Crippen LogP) is 2.63. The van der Waals surface area contributed by atoms with Gasteiger partial charge in [0.25, 0.3) is 0 Å². The third-order valence-electron chi connectivity index (χ3n) is 2.92. The van der Waals surface area contributed by atoms with Crippen LogP contribution in [0, 0.1) is 0 Å². The molecule has 0 aromatic carbocycles. The highest BCUT2D eigenvalue weighted by molar-refractivity contribution is 8.00. The molecule has 1 saturated heterocycles. The standard InChI is InChI=1S/C13H22N4S/c1-4-6-14-13-15-7-5-12(16-13)17-8-10(2)18-11(3)9-17/h5,7,10-11H,4,6,8-9H2,1-3H3,(H,14,15,16). The van der Waals surface area contributed by atoms with Crippen LogP contribution in [0.2, 0.25) is 0 Å². The first-order chi connectivity index (χ1) is 8.69. The molecule has 1 aliphatic heterocycles. The van der Waals surface area contributed by atoms with E-state index in [1.807, 2.05) is 12.3 Å². The van der Waals surface area contributed by atoms with Crippen molar-refractivity contribution in [3.8, 4) is 0 Å². The van der Waals surface area contributed by atoms with Crippen molar-refractivity contribution < 1.29 is 0 Å². The number of hydrogen-bond donors (Lipinski definition) is 1. The second-order valence-electron chi connectivity index (χ2n) is 4.83. The summed E-state index contributed by atoms with van der Waals surface area (Å²) in [7, 11) is 0. The molecule has 1 aromatic rings. The van der Waals surface area contributed by atoms with Gasteiger partial charge in [-0.3, -0.25) is 0 Å². The number of nitrogens with one attached hydrogen (secondary N) is 1. The van der Waals surface area contributed by atoms with Gasteiger partial charge in [-0.2, -0.15) is 16.7 Å². The summed E-state index contributed by atoms with van der Waals surface area (Å²) in [6.07, 6.45) is 2.93. The number of rotatable bonds is 4. The van der Waals surface area contributed by atoms with Gasteiger partial charge in [-0.25, -0.2) is 4.98 Å². The lowest BCUT2D eigenvalue weighted by atomic mass is 10.3. The van der Waals surface area contributed by atoms with E-state index in [1.165, 1.54) is 0 Å². The van der Waals surface area contributed by atoms with E-state index in [1.54, 1.807) is 0 Å². The summed E-state index contributed by atoms with van der Waals surface area (Å²) in [5.74, 6) is 1.79. The minimum absolute atomic E-state index is 0.663. The smallest absolute Gasteiger partial charge is 0.224 e. The summed E-state index contributed by atoms with van der Waals surface area (Å²) in [4.78, 5) is 11.2. The van der Waals surface area contributed by atoms with E-state index in [9.17, 15) is 0 Å². The van der Waals surface area contributed by atoms with Gasteiger partial charge < -0.3 is 10.2 Å². The van der Waals surface area contributed by atoms with Crippen molar-refractivity contribution in [2.75, 3.05) is 29.9 Å². The van der Waals surface area contributed by atoms with Gasteiger partial charge in [0, 0.05) is 36.3 Å². The first-order valence-corrected chi connectivity index (χ1v) is 7.60. The quantitative estimate of drug-likeness (QED) is 0.907. The highest BCUT2D eigenvalue weighted by Crippen LogP contribution is 2.27. The lowest BCUT2D eigenvalue weighted by Crippen LogP contribution is -2.40. The molecule has 2 rings (SSSR count). The van der Waals surface area contributed by atoms with Crippen LogP contribution in [-0.2, 0) is 0 Å². The van der Waals surface area contributed by atoms with Crippen LogP contribution in [0.5, 0.6) is 0 Å². The molecule has 2 heterocycles. The van der Waals surface area contributed by atoms with Gasteiger partial charge in [-0.1, -0.05) is 20.8 Å². The van der Waals surface area contributed by atoms with Crippen LogP contribution >= 0.6 is 11.8 Å². The van der Waals surface area contributed by atoms with Crippen molar-refractivity contribution in [2.45, 2.75) is 37.7 Å². The molecule has 1 aromatic heterocycles. The van der Waals surface area contributed by atoms with Crippen molar-refractivity contribution in [3.05, 3.63) is 12.3 Å². The second-order valence-corrected chi connectivity index (χ2v) is 6.71. The zero-order chi connectivity index (χ0) is 13.0. The molecule has 4 nitrogen and oxygen atoms in total. The highest BCUT2D eigenvalue weighted by atomic mass is 32.2. The van der Waals surface area contributed by atoms with Gasteiger partial charge in [0.15, 0.2) is 0 Å². The topological polar surface area (TPSA) is 41.1 Å². The Morgan fingerprint density at radius 2 is 2.11 bits per heavy atom. The summed E-state index contributed by atoms with van der Waals surface area (Å²) in [5.41, 5.74) is 0. The van der Waals surface area contributed by atoms with Crippen LogP contribution in [0.3, 0.4) is 0 Å². The molecule has 18 heavy (non-hydrogen) atoms. The first kappa shape index (κ1) is 13.5. The van der Waals surface area contributed by atoms with Gasteiger partial charge in [0.05, 0.1) is 0 Å². The Bertz CT molecular complexity index is 375. The molecular weight excluding hydrogens is 244 g/mol. The van der Waals surface area contributed by atoms with Gasteiger partial charge in [0.2, 0.25) is 5.95 Å². The van der Waals surface area contributed by atoms with Crippen molar-refractivity contribution >= 4 is 23.5 Å². The Morgan fingerprint density at radius 3 is 2.78 bits per heavy atom. The fourth-order valence-electron chi connectivity index (χ4n) is 2.21. The average molecular weight is 266 g/mol. The van der Waals surface area contributed by atoms with Crippen LogP contribution in [0.1, 0.15) is 27.2 Å². The van der Waals surface area contributed by atoms with Crippen LogP contribution in [0.15, 0.2) is 12.3 Å². The van der Waals surface area contributed by atoms with E-state index in [4.69, 9.17) is 0 Å². The van der Waals surface area contributed by atoms with E-state index in [0.29, 0.717) is 10.5 Å². The van der Waals surface area contributed by atoms with Gasteiger partial charge in [-0.05, 0) is 12.5 Å². The van der Waals surface area contributed by atoms with E-state index >= 15 is 0 Å². The van der Waals surface area contributed by atoms with Gasteiger partial charge in [-0.15, -0.1) is 0 Å². The van der Waals surface area contributed by atoms with E-state index < -0.39 is 0 Å². The number of hydrogen-bond acceptors (Lipinski definition) is 5. The van der Waals surface area contributed by atoms with Crippen LogP contribution in [0.25, 0.3) is 0 Å². The number of thioether (sulfide) groups is 1. The Labute approximate surface area is 114 Å². The Kier molecular flexibility index (Phi) is 4.69. The molecule has 2 unspecified atom stereocenters. The molecular formula is C13H22N4S. The first-order valence-electron chi connectivity index (χ1n) is 6.66. The van der Waals surface area contributed by atoms with Gasteiger partial charge in [0.1, 0.15) is 5.82 Å². The van der Waals surface area contributed by atoms with Crippen molar-refractivity contribution in [2.24, 2.45) is 0 Å². The molecule has 0 aliphatic carbocycles. The lowest BCUT2D eigenvalue weighted by molar-refractivity contribution is 0.717. The van der Waals surface area contributed by atoms with Gasteiger partial charge >= 0.3 is 0 Å². The van der Waals surface area contributed by atoms with E-state index in [2.05, 4.69) is 52.7 Å². The molecule has 0 radical (unpaired) electrons.